The van der Waals surface area contributed by atoms with E-state index in [1.54, 1.807) is 6.07 Å². The van der Waals surface area contributed by atoms with Gasteiger partial charge in [-0.3, -0.25) is 0 Å². The highest BCUT2D eigenvalue weighted by atomic mass is 79.9. The van der Waals surface area contributed by atoms with Crippen molar-refractivity contribution in [3.8, 4) is 5.75 Å². The summed E-state index contributed by atoms with van der Waals surface area (Å²) in [4.78, 5) is -0.182. The van der Waals surface area contributed by atoms with E-state index in [1.165, 1.54) is 6.07 Å². The maximum atomic E-state index is 13.2. The lowest BCUT2D eigenvalue weighted by molar-refractivity contribution is 0.340. The Kier molecular flexibility index (Phi) is 4.53. The molecule has 0 N–H and O–H groups in total. The van der Waals surface area contributed by atoms with Gasteiger partial charge in [0.1, 0.15) is 5.75 Å². The minimum Gasteiger partial charge on any atom is -0.494 e. The maximum absolute atomic E-state index is 13.2. The molecule has 0 saturated carbocycles. The van der Waals surface area contributed by atoms with Crippen LogP contribution in [-0.2, 0) is 0 Å². The summed E-state index contributed by atoms with van der Waals surface area (Å²) in [5, 5.41) is 0. The molecular weight excluding hydrogens is 314 g/mol. The zero-order chi connectivity index (χ0) is 13.8. The average molecular weight is 327 g/mol. The quantitative estimate of drug-likeness (QED) is 0.730. The van der Waals surface area contributed by atoms with E-state index in [9.17, 15) is 8.78 Å². The molecule has 0 heterocycles. The predicted molar refractivity (Wildman–Crippen MR) is 74.7 cm³/mol. The number of ether oxygens (including phenoxy) is 1. The first kappa shape index (κ1) is 14.0. The second-order valence-corrected chi connectivity index (χ2v) is 4.95. The highest BCUT2D eigenvalue weighted by Crippen LogP contribution is 2.32. The maximum Gasteiger partial charge on any atom is 0.159 e. The van der Waals surface area contributed by atoms with Crippen LogP contribution in [0.15, 0.2) is 42.5 Å². The molecule has 2 rings (SSSR count). The molecule has 0 aliphatic carbocycles. The lowest BCUT2D eigenvalue weighted by Gasteiger charge is -2.12. The minimum absolute atomic E-state index is 0.182. The van der Waals surface area contributed by atoms with Crippen LogP contribution in [0.4, 0.5) is 8.78 Å². The van der Waals surface area contributed by atoms with Gasteiger partial charge in [0.15, 0.2) is 11.6 Å². The van der Waals surface area contributed by atoms with Crippen molar-refractivity contribution in [2.75, 3.05) is 6.61 Å². The van der Waals surface area contributed by atoms with Gasteiger partial charge in [-0.05, 0) is 42.3 Å². The molecule has 0 spiro atoms. The van der Waals surface area contributed by atoms with Gasteiger partial charge in [-0.25, -0.2) is 8.78 Å². The van der Waals surface area contributed by atoms with Gasteiger partial charge in [0.2, 0.25) is 0 Å². The summed E-state index contributed by atoms with van der Waals surface area (Å²) in [6, 6.07) is 11.4. The summed E-state index contributed by atoms with van der Waals surface area (Å²) in [5.41, 5.74) is 1.62. The van der Waals surface area contributed by atoms with Crippen LogP contribution < -0.4 is 4.74 Å². The van der Waals surface area contributed by atoms with E-state index in [0.29, 0.717) is 12.2 Å². The molecule has 4 heteroatoms. The standard InChI is InChI=1S/C15H13BrF2O/c1-2-19-12-6-3-10(4-7-12)15(16)11-5-8-13(17)14(18)9-11/h3-9,15H,2H2,1H3. The molecule has 0 aliphatic rings. The van der Waals surface area contributed by atoms with Gasteiger partial charge >= 0.3 is 0 Å². The van der Waals surface area contributed by atoms with Crippen molar-refractivity contribution >= 4 is 15.9 Å². The molecule has 0 bridgehead atoms. The number of benzene rings is 2. The third-order valence-electron chi connectivity index (χ3n) is 2.72. The van der Waals surface area contributed by atoms with Gasteiger partial charge < -0.3 is 4.74 Å². The molecule has 1 unspecified atom stereocenters. The van der Waals surface area contributed by atoms with Crippen LogP contribution in [0.5, 0.6) is 5.75 Å². The molecule has 0 aromatic heterocycles. The van der Waals surface area contributed by atoms with Crippen LogP contribution in [0.3, 0.4) is 0 Å². The third kappa shape index (κ3) is 3.32. The number of halogens is 3. The van der Waals surface area contributed by atoms with E-state index in [0.717, 1.165) is 17.4 Å². The van der Waals surface area contributed by atoms with Crippen molar-refractivity contribution in [1.29, 1.82) is 0 Å². The van der Waals surface area contributed by atoms with Gasteiger partial charge in [0.25, 0.3) is 0 Å². The molecule has 1 atom stereocenters. The van der Waals surface area contributed by atoms with Gasteiger partial charge in [0, 0.05) is 0 Å². The van der Waals surface area contributed by atoms with Crippen molar-refractivity contribution in [2.45, 2.75) is 11.8 Å². The summed E-state index contributed by atoms with van der Waals surface area (Å²) >= 11 is 3.49. The van der Waals surface area contributed by atoms with Crippen LogP contribution in [0, 0.1) is 11.6 Å². The number of hydrogen-bond donors (Lipinski definition) is 0. The lowest BCUT2D eigenvalue weighted by Crippen LogP contribution is -1.96. The smallest absolute Gasteiger partial charge is 0.159 e. The zero-order valence-corrected chi connectivity index (χ0v) is 12.0. The van der Waals surface area contributed by atoms with Crippen molar-refractivity contribution in [3.63, 3.8) is 0 Å². The third-order valence-corrected chi connectivity index (χ3v) is 3.78. The number of hydrogen-bond acceptors (Lipinski definition) is 1. The first-order chi connectivity index (χ1) is 9.11. The van der Waals surface area contributed by atoms with E-state index in [4.69, 9.17) is 4.74 Å². The molecule has 0 amide bonds. The number of rotatable bonds is 4. The first-order valence-corrected chi connectivity index (χ1v) is 6.85. The number of alkyl halides is 1. The fraction of sp³-hybridized carbons (Fsp3) is 0.200. The van der Waals surface area contributed by atoms with E-state index in [1.807, 2.05) is 31.2 Å². The van der Waals surface area contributed by atoms with Gasteiger partial charge in [-0.1, -0.05) is 34.1 Å². The SMILES string of the molecule is CCOc1ccc(C(Br)c2ccc(F)c(F)c2)cc1. The normalized spacial score (nSPS) is 12.2. The Labute approximate surface area is 119 Å². The van der Waals surface area contributed by atoms with Crippen LogP contribution in [-0.4, -0.2) is 6.61 Å². The Morgan fingerprint density at radius 1 is 1.00 bits per heavy atom. The fourth-order valence-electron chi connectivity index (χ4n) is 1.76. The van der Waals surface area contributed by atoms with E-state index < -0.39 is 11.6 Å². The van der Waals surface area contributed by atoms with E-state index >= 15 is 0 Å². The van der Waals surface area contributed by atoms with Crippen molar-refractivity contribution in [3.05, 3.63) is 65.2 Å². The molecule has 0 fully saturated rings. The lowest BCUT2D eigenvalue weighted by atomic mass is 10.0. The monoisotopic (exact) mass is 326 g/mol. The molecule has 2 aromatic rings. The Balaban J connectivity index is 2.22. The molecule has 100 valence electrons. The zero-order valence-electron chi connectivity index (χ0n) is 10.4. The van der Waals surface area contributed by atoms with E-state index in [2.05, 4.69) is 15.9 Å². The van der Waals surface area contributed by atoms with Crippen LogP contribution in [0.2, 0.25) is 0 Å². The molecule has 0 radical (unpaired) electrons. The second-order valence-electron chi connectivity index (χ2n) is 4.04. The summed E-state index contributed by atoms with van der Waals surface area (Å²) in [5.74, 6) is -0.890. The van der Waals surface area contributed by atoms with Crippen LogP contribution in [0.25, 0.3) is 0 Å². The largest absolute Gasteiger partial charge is 0.494 e. The van der Waals surface area contributed by atoms with Crippen LogP contribution >= 0.6 is 15.9 Å². The van der Waals surface area contributed by atoms with Crippen molar-refractivity contribution < 1.29 is 13.5 Å². The highest BCUT2D eigenvalue weighted by Gasteiger charge is 2.13. The molecule has 19 heavy (non-hydrogen) atoms. The van der Waals surface area contributed by atoms with Crippen LogP contribution in [0.1, 0.15) is 22.9 Å². The Bertz CT molecular complexity index is 555. The van der Waals surface area contributed by atoms with Gasteiger partial charge in [-0.2, -0.15) is 0 Å². The average Bonchev–Trinajstić information content (AvgIpc) is 2.42. The molecule has 0 saturated heterocycles. The topological polar surface area (TPSA) is 9.23 Å². The Morgan fingerprint density at radius 2 is 1.63 bits per heavy atom. The summed E-state index contributed by atoms with van der Waals surface area (Å²) in [6.45, 7) is 2.53. The predicted octanol–water partition coefficient (Wildman–Crippen LogP) is 4.85. The van der Waals surface area contributed by atoms with E-state index in [-0.39, 0.29) is 4.83 Å². The summed E-state index contributed by atoms with van der Waals surface area (Å²) in [6.07, 6.45) is 0. The summed E-state index contributed by atoms with van der Waals surface area (Å²) < 4.78 is 31.5. The van der Waals surface area contributed by atoms with Crippen molar-refractivity contribution in [1.82, 2.24) is 0 Å². The van der Waals surface area contributed by atoms with Crippen molar-refractivity contribution in [2.24, 2.45) is 0 Å². The fourth-order valence-corrected chi connectivity index (χ4v) is 2.35. The Morgan fingerprint density at radius 3 is 2.21 bits per heavy atom. The van der Waals surface area contributed by atoms with Gasteiger partial charge in [0.05, 0.1) is 11.4 Å². The molecule has 0 aliphatic heterocycles. The second kappa shape index (κ2) is 6.15. The van der Waals surface area contributed by atoms with Gasteiger partial charge in [-0.15, -0.1) is 0 Å². The molecule has 1 nitrogen and oxygen atoms in total. The highest BCUT2D eigenvalue weighted by molar-refractivity contribution is 9.09. The summed E-state index contributed by atoms with van der Waals surface area (Å²) in [7, 11) is 0. The first-order valence-electron chi connectivity index (χ1n) is 5.93. The Hall–Kier alpha value is -1.42. The molecule has 2 aromatic carbocycles. The minimum atomic E-state index is -0.840. The molecular formula is C15H13BrF2O.